The van der Waals surface area contributed by atoms with Crippen molar-refractivity contribution < 1.29 is 13.6 Å². The molecule has 1 amide bonds. The molecule has 0 aliphatic carbocycles. The van der Waals surface area contributed by atoms with Crippen LogP contribution in [0.2, 0.25) is 0 Å². The Kier molecular flexibility index (Phi) is 4.79. The van der Waals surface area contributed by atoms with Gasteiger partial charge in [0, 0.05) is 18.8 Å². The van der Waals surface area contributed by atoms with Crippen LogP contribution < -0.4 is 5.32 Å². The SMILES string of the molecule is O=C(NCCc1cc(F)cc(F)c1)c1cccnc1Br. The van der Waals surface area contributed by atoms with Gasteiger partial charge in [-0.15, -0.1) is 0 Å². The second kappa shape index (κ2) is 6.56. The number of halogens is 3. The molecule has 0 saturated carbocycles. The molecule has 6 heteroatoms. The molecular formula is C14H11BrF2N2O. The van der Waals surface area contributed by atoms with Gasteiger partial charge in [-0.1, -0.05) is 0 Å². The lowest BCUT2D eigenvalue weighted by Gasteiger charge is -2.06. The van der Waals surface area contributed by atoms with Crippen LogP contribution in [-0.4, -0.2) is 17.4 Å². The number of hydrogen-bond acceptors (Lipinski definition) is 2. The summed E-state index contributed by atoms with van der Waals surface area (Å²) in [7, 11) is 0. The number of carbonyl (C=O) groups is 1. The van der Waals surface area contributed by atoms with Gasteiger partial charge in [0.1, 0.15) is 16.2 Å². The van der Waals surface area contributed by atoms with Crippen LogP contribution in [-0.2, 0) is 6.42 Å². The van der Waals surface area contributed by atoms with Gasteiger partial charge in [0.05, 0.1) is 5.56 Å². The van der Waals surface area contributed by atoms with E-state index in [4.69, 9.17) is 0 Å². The van der Waals surface area contributed by atoms with Crippen molar-refractivity contribution in [3.8, 4) is 0 Å². The molecule has 0 unspecified atom stereocenters. The minimum Gasteiger partial charge on any atom is -0.352 e. The third-order valence-corrected chi connectivity index (χ3v) is 3.26. The van der Waals surface area contributed by atoms with Crippen molar-refractivity contribution in [3.05, 3.63) is 63.9 Å². The molecule has 3 nitrogen and oxygen atoms in total. The Balaban J connectivity index is 1.93. The predicted octanol–water partition coefficient (Wildman–Crippen LogP) is 3.09. The summed E-state index contributed by atoms with van der Waals surface area (Å²) < 4.78 is 26.4. The molecule has 2 aromatic rings. The van der Waals surface area contributed by atoms with E-state index in [1.54, 1.807) is 18.3 Å². The molecule has 0 atom stereocenters. The molecule has 104 valence electrons. The standard InChI is InChI=1S/C14H11BrF2N2O/c15-13-12(2-1-4-18-13)14(20)19-5-3-9-6-10(16)8-11(17)7-9/h1-2,4,6-8H,3,5H2,(H,19,20). The molecular weight excluding hydrogens is 330 g/mol. The summed E-state index contributed by atoms with van der Waals surface area (Å²) in [5, 5.41) is 2.67. The van der Waals surface area contributed by atoms with E-state index >= 15 is 0 Å². The number of benzene rings is 1. The van der Waals surface area contributed by atoms with Crippen LogP contribution >= 0.6 is 15.9 Å². The number of amides is 1. The third-order valence-electron chi connectivity index (χ3n) is 2.63. The van der Waals surface area contributed by atoms with Crippen LogP contribution in [0.15, 0.2) is 41.1 Å². The van der Waals surface area contributed by atoms with Crippen molar-refractivity contribution in [1.29, 1.82) is 0 Å². The highest BCUT2D eigenvalue weighted by molar-refractivity contribution is 9.10. The molecule has 0 radical (unpaired) electrons. The van der Waals surface area contributed by atoms with E-state index in [0.717, 1.165) is 6.07 Å². The largest absolute Gasteiger partial charge is 0.352 e. The van der Waals surface area contributed by atoms with Gasteiger partial charge in [-0.2, -0.15) is 0 Å². The number of rotatable bonds is 4. The van der Waals surface area contributed by atoms with E-state index in [2.05, 4.69) is 26.2 Å². The number of hydrogen-bond donors (Lipinski definition) is 1. The number of nitrogens with one attached hydrogen (secondary N) is 1. The fraction of sp³-hybridized carbons (Fsp3) is 0.143. The quantitative estimate of drug-likeness (QED) is 0.869. The zero-order valence-electron chi connectivity index (χ0n) is 10.4. The zero-order valence-corrected chi connectivity index (χ0v) is 12.0. The Morgan fingerprint density at radius 2 is 1.95 bits per heavy atom. The Hall–Kier alpha value is -1.82. The average molecular weight is 341 g/mol. The Bertz CT molecular complexity index is 614. The van der Waals surface area contributed by atoms with Crippen molar-refractivity contribution in [2.75, 3.05) is 6.54 Å². The minimum absolute atomic E-state index is 0.281. The molecule has 0 bridgehead atoms. The smallest absolute Gasteiger partial charge is 0.254 e. The minimum atomic E-state index is -0.624. The van der Waals surface area contributed by atoms with Gasteiger partial charge >= 0.3 is 0 Å². The first kappa shape index (κ1) is 14.6. The van der Waals surface area contributed by atoms with Gasteiger partial charge in [0.25, 0.3) is 5.91 Å². The summed E-state index contributed by atoms with van der Waals surface area (Å²) in [4.78, 5) is 15.8. The number of pyridine rings is 1. The van der Waals surface area contributed by atoms with Crippen molar-refractivity contribution in [2.24, 2.45) is 0 Å². The van der Waals surface area contributed by atoms with Crippen LogP contribution in [0.5, 0.6) is 0 Å². The van der Waals surface area contributed by atoms with E-state index in [1.807, 2.05) is 0 Å². The number of carbonyl (C=O) groups excluding carboxylic acids is 1. The summed E-state index contributed by atoms with van der Waals surface area (Å²) in [6, 6.07) is 6.59. The van der Waals surface area contributed by atoms with Crippen LogP contribution in [0.4, 0.5) is 8.78 Å². The molecule has 0 spiro atoms. The molecule has 1 N–H and O–H groups in total. The first-order valence-corrected chi connectivity index (χ1v) is 6.69. The van der Waals surface area contributed by atoms with Crippen molar-refractivity contribution in [2.45, 2.75) is 6.42 Å². The molecule has 1 heterocycles. The highest BCUT2D eigenvalue weighted by Crippen LogP contribution is 2.12. The van der Waals surface area contributed by atoms with Gasteiger partial charge < -0.3 is 5.32 Å². The van der Waals surface area contributed by atoms with Crippen molar-refractivity contribution >= 4 is 21.8 Å². The number of nitrogens with zero attached hydrogens (tertiary/aromatic N) is 1. The molecule has 20 heavy (non-hydrogen) atoms. The van der Waals surface area contributed by atoms with Crippen molar-refractivity contribution in [1.82, 2.24) is 10.3 Å². The summed E-state index contributed by atoms with van der Waals surface area (Å²) in [6.07, 6.45) is 1.91. The summed E-state index contributed by atoms with van der Waals surface area (Å²) in [5.74, 6) is -1.54. The molecule has 0 saturated heterocycles. The maximum absolute atomic E-state index is 13.0. The van der Waals surface area contributed by atoms with Crippen molar-refractivity contribution in [3.63, 3.8) is 0 Å². The highest BCUT2D eigenvalue weighted by atomic mass is 79.9. The van der Waals surface area contributed by atoms with Crippen LogP contribution in [0.3, 0.4) is 0 Å². The fourth-order valence-electron chi connectivity index (χ4n) is 1.73. The fourth-order valence-corrected chi connectivity index (χ4v) is 2.16. The molecule has 1 aromatic carbocycles. The topological polar surface area (TPSA) is 42.0 Å². The van der Waals surface area contributed by atoms with Crippen LogP contribution in [0.1, 0.15) is 15.9 Å². The molecule has 0 aliphatic heterocycles. The van der Waals surface area contributed by atoms with Gasteiger partial charge in [-0.05, 0) is 52.2 Å². The third kappa shape index (κ3) is 3.84. The average Bonchev–Trinajstić information content (AvgIpc) is 2.38. The summed E-state index contributed by atoms with van der Waals surface area (Å²) in [5.41, 5.74) is 0.908. The molecule has 0 aliphatic rings. The molecule has 2 rings (SSSR count). The van der Waals surface area contributed by atoms with Crippen LogP contribution in [0.25, 0.3) is 0 Å². The second-order valence-electron chi connectivity index (χ2n) is 4.13. The van der Waals surface area contributed by atoms with Gasteiger partial charge in [-0.3, -0.25) is 4.79 Å². The van der Waals surface area contributed by atoms with E-state index in [1.165, 1.54) is 12.1 Å². The summed E-state index contributed by atoms with van der Waals surface area (Å²) in [6.45, 7) is 0.281. The monoisotopic (exact) mass is 340 g/mol. The van der Waals surface area contributed by atoms with Gasteiger partial charge in [-0.25, -0.2) is 13.8 Å². The Morgan fingerprint density at radius 1 is 1.25 bits per heavy atom. The second-order valence-corrected chi connectivity index (χ2v) is 4.88. The van der Waals surface area contributed by atoms with E-state index < -0.39 is 11.6 Å². The van der Waals surface area contributed by atoms with Gasteiger partial charge in [0.15, 0.2) is 0 Å². The van der Waals surface area contributed by atoms with Crippen LogP contribution in [0, 0.1) is 11.6 Å². The molecule has 1 aromatic heterocycles. The Morgan fingerprint density at radius 3 is 2.60 bits per heavy atom. The van der Waals surface area contributed by atoms with Gasteiger partial charge in [0.2, 0.25) is 0 Å². The lowest BCUT2D eigenvalue weighted by atomic mass is 10.1. The number of aromatic nitrogens is 1. The lowest BCUT2D eigenvalue weighted by molar-refractivity contribution is 0.0953. The predicted molar refractivity (Wildman–Crippen MR) is 74.3 cm³/mol. The lowest BCUT2D eigenvalue weighted by Crippen LogP contribution is -2.26. The molecule has 0 fully saturated rings. The zero-order chi connectivity index (χ0) is 14.5. The maximum atomic E-state index is 13.0. The highest BCUT2D eigenvalue weighted by Gasteiger charge is 2.09. The maximum Gasteiger partial charge on any atom is 0.254 e. The first-order valence-electron chi connectivity index (χ1n) is 5.90. The van der Waals surface area contributed by atoms with E-state index in [-0.39, 0.29) is 12.5 Å². The summed E-state index contributed by atoms with van der Waals surface area (Å²) >= 11 is 3.18. The first-order chi connectivity index (χ1) is 9.56. The normalized spacial score (nSPS) is 10.3. The van der Waals surface area contributed by atoms with E-state index in [9.17, 15) is 13.6 Å². The van der Waals surface area contributed by atoms with E-state index in [0.29, 0.717) is 22.2 Å². The Labute approximate surface area is 123 Å².